The Balaban J connectivity index is 1.62. The van der Waals surface area contributed by atoms with Crippen LogP contribution in [0.4, 0.5) is 5.69 Å². The molecule has 1 aromatic heterocycles. The molecule has 3 aromatic rings. The van der Waals surface area contributed by atoms with Crippen molar-refractivity contribution in [2.45, 2.75) is 13.6 Å². The Kier molecular flexibility index (Phi) is 4.97. The van der Waals surface area contributed by atoms with Gasteiger partial charge >= 0.3 is 0 Å². The molecule has 0 N–H and O–H groups in total. The van der Waals surface area contributed by atoms with Gasteiger partial charge in [0.15, 0.2) is 4.80 Å². The predicted octanol–water partition coefficient (Wildman–Crippen LogP) is 3.42. The standard InChI is InChI=1S/C21H18ClN3OS/c1-15-10-11-17(12-18(15)22)24-13-23-21-25(14-24)20(26)19(27-21)9-5-8-16-6-3-2-4-7-16/h2-12H,13-14H2,1H3. The normalized spacial score (nSPS) is 14.4. The summed E-state index contributed by atoms with van der Waals surface area (Å²) in [7, 11) is 0. The first kappa shape index (κ1) is 17.8. The number of aryl methyl sites for hydroxylation is 1. The molecule has 0 radical (unpaired) electrons. The fourth-order valence-electron chi connectivity index (χ4n) is 2.88. The zero-order valence-corrected chi connectivity index (χ0v) is 16.4. The Labute approximate surface area is 166 Å². The highest BCUT2D eigenvalue weighted by Crippen LogP contribution is 2.23. The summed E-state index contributed by atoms with van der Waals surface area (Å²) in [6.45, 7) is 2.96. The van der Waals surface area contributed by atoms with Crippen molar-refractivity contribution < 1.29 is 0 Å². The molecule has 4 nitrogen and oxygen atoms in total. The van der Waals surface area contributed by atoms with Gasteiger partial charge in [0, 0.05) is 10.7 Å². The third-order valence-corrected chi connectivity index (χ3v) is 5.90. The Morgan fingerprint density at radius 2 is 2.00 bits per heavy atom. The van der Waals surface area contributed by atoms with Gasteiger partial charge < -0.3 is 4.90 Å². The van der Waals surface area contributed by atoms with E-state index in [2.05, 4.69) is 4.99 Å². The third kappa shape index (κ3) is 3.75. The van der Waals surface area contributed by atoms with E-state index in [4.69, 9.17) is 11.6 Å². The molecule has 2 heterocycles. The fraction of sp³-hybridized carbons (Fsp3) is 0.143. The first-order valence-corrected chi connectivity index (χ1v) is 9.80. The topological polar surface area (TPSA) is 37.6 Å². The van der Waals surface area contributed by atoms with Crippen LogP contribution in [0.1, 0.15) is 11.1 Å². The summed E-state index contributed by atoms with van der Waals surface area (Å²) in [5.74, 6) is 0. The molecule has 0 bridgehead atoms. The van der Waals surface area contributed by atoms with Gasteiger partial charge in [-0.2, -0.15) is 0 Å². The van der Waals surface area contributed by atoms with Crippen LogP contribution in [0.15, 0.2) is 64.4 Å². The van der Waals surface area contributed by atoms with Crippen LogP contribution in [-0.2, 0) is 6.67 Å². The lowest BCUT2D eigenvalue weighted by Crippen LogP contribution is -2.42. The minimum Gasteiger partial charge on any atom is -0.334 e. The zero-order chi connectivity index (χ0) is 18.8. The maximum Gasteiger partial charge on any atom is 0.271 e. The van der Waals surface area contributed by atoms with E-state index in [0.717, 1.165) is 26.6 Å². The second kappa shape index (κ2) is 7.55. The van der Waals surface area contributed by atoms with Crippen LogP contribution in [0.3, 0.4) is 0 Å². The van der Waals surface area contributed by atoms with Crippen LogP contribution in [0.2, 0.25) is 5.02 Å². The molecule has 27 heavy (non-hydrogen) atoms. The second-order valence-electron chi connectivity index (χ2n) is 6.33. The van der Waals surface area contributed by atoms with Gasteiger partial charge in [-0.15, -0.1) is 0 Å². The molecule has 136 valence electrons. The number of thiazole rings is 1. The molecule has 0 unspecified atom stereocenters. The Hall–Kier alpha value is -2.63. The SMILES string of the molecule is Cc1ccc(N2CN=c3sc(=CC=Cc4ccccc4)c(=O)n3C2)cc1Cl. The lowest BCUT2D eigenvalue weighted by Gasteiger charge is -2.26. The van der Waals surface area contributed by atoms with E-state index in [1.807, 2.05) is 78.6 Å². The summed E-state index contributed by atoms with van der Waals surface area (Å²) in [6.07, 6.45) is 5.75. The molecule has 0 atom stereocenters. The van der Waals surface area contributed by atoms with Crippen molar-refractivity contribution in [2.24, 2.45) is 4.99 Å². The Morgan fingerprint density at radius 3 is 2.78 bits per heavy atom. The van der Waals surface area contributed by atoms with Gasteiger partial charge in [0.1, 0.15) is 13.3 Å². The average Bonchev–Trinajstić information content (AvgIpc) is 3.00. The minimum atomic E-state index is -0.0145. The van der Waals surface area contributed by atoms with E-state index < -0.39 is 0 Å². The highest BCUT2D eigenvalue weighted by molar-refractivity contribution is 7.07. The van der Waals surface area contributed by atoms with Crippen LogP contribution < -0.4 is 19.8 Å². The fourth-order valence-corrected chi connectivity index (χ4v) is 3.97. The van der Waals surface area contributed by atoms with E-state index in [-0.39, 0.29) is 5.56 Å². The third-order valence-electron chi connectivity index (χ3n) is 4.43. The number of fused-ring (bicyclic) bond motifs is 1. The Morgan fingerprint density at radius 1 is 1.19 bits per heavy atom. The van der Waals surface area contributed by atoms with Gasteiger partial charge in [-0.25, -0.2) is 4.99 Å². The highest BCUT2D eigenvalue weighted by atomic mass is 35.5. The molecule has 0 aliphatic carbocycles. The summed E-state index contributed by atoms with van der Waals surface area (Å²) in [4.78, 5) is 20.1. The number of halogens is 1. The van der Waals surface area contributed by atoms with E-state index in [1.54, 1.807) is 4.57 Å². The van der Waals surface area contributed by atoms with Crippen molar-refractivity contribution in [1.29, 1.82) is 0 Å². The van der Waals surface area contributed by atoms with Gasteiger partial charge in [-0.05, 0) is 36.3 Å². The molecular formula is C21H18ClN3OS. The van der Waals surface area contributed by atoms with Crippen LogP contribution in [-0.4, -0.2) is 11.2 Å². The average molecular weight is 396 g/mol. The molecule has 4 rings (SSSR count). The maximum atomic E-state index is 12.7. The van der Waals surface area contributed by atoms with Crippen LogP contribution in [0, 0.1) is 6.92 Å². The van der Waals surface area contributed by atoms with E-state index in [9.17, 15) is 4.79 Å². The van der Waals surface area contributed by atoms with Crippen molar-refractivity contribution >= 4 is 40.8 Å². The first-order chi connectivity index (χ1) is 13.1. The quantitative estimate of drug-likeness (QED) is 0.681. The number of hydrogen-bond donors (Lipinski definition) is 0. The molecule has 0 amide bonds. The Bertz CT molecular complexity index is 1180. The molecule has 0 saturated heterocycles. The molecule has 6 heteroatoms. The van der Waals surface area contributed by atoms with Crippen LogP contribution >= 0.6 is 22.9 Å². The lowest BCUT2D eigenvalue weighted by molar-refractivity contribution is 0.569. The van der Waals surface area contributed by atoms with Gasteiger partial charge in [-0.3, -0.25) is 9.36 Å². The lowest BCUT2D eigenvalue weighted by atomic mass is 10.2. The molecule has 1 aliphatic heterocycles. The summed E-state index contributed by atoms with van der Waals surface area (Å²) in [5.41, 5.74) is 3.08. The predicted molar refractivity (Wildman–Crippen MR) is 113 cm³/mol. The summed E-state index contributed by atoms with van der Waals surface area (Å²) in [5, 5.41) is 0.719. The van der Waals surface area contributed by atoms with Crippen molar-refractivity contribution in [3.63, 3.8) is 0 Å². The van der Waals surface area contributed by atoms with Crippen molar-refractivity contribution in [3.05, 3.63) is 90.4 Å². The zero-order valence-electron chi connectivity index (χ0n) is 14.8. The number of anilines is 1. The summed E-state index contributed by atoms with van der Waals surface area (Å²) < 4.78 is 2.40. The van der Waals surface area contributed by atoms with Crippen LogP contribution in [0.25, 0.3) is 12.2 Å². The molecular weight excluding hydrogens is 378 g/mol. The van der Waals surface area contributed by atoms with E-state index in [1.165, 1.54) is 11.3 Å². The number of rotatable bonds is 3. The molecule has 1 aliphatic rings. The maximum absolute atomic E-state index is 12.7. The van der Waals surface area contributed by atoms with Gasteiger partial charge in [0.2, 0.25) is 0 Å². The molecule has 2 aromatic carbocycles. The van der Waals surface area contributed by atoms with Gasteiger partial charge in [0.05, 0.1) is 4.53 Å². The first-order valence-electron chi connectivity index (χ1n) is 8.60. The molecule has 0 fully saturated rings. The summed E-state index contributed by atoms with van der Waals surface area (Å²) in [6, 6.07) is 15.9. The number of hydrogen-bond acceptors (Lipinski definition) is 4. The summed E-state index contributed by atoms with van der Waals surface area (Å²) >= 11 is 7.66. The second-order valence-corrected chi connectivity index (χ2v) is 7.75. The molecule has 0 spiro atoms. The largest absolute Gasteiger partial charge is 0.334 e. The van der Waals surface area contributed by atoms with Crippen LogP contribution in [0.5, 0.6) is 0 Å². The number of nitrogens with zero attached hydrogens (tertiary/aromatic N) is 3. The monoisotopic (exact) mass is 395 g/mol. The number of allylic oxidation sites excluding steroid dienone is 1. The smallest absolute Gasteiger partial charge is 0.271 e. The van der Waals surface area contributed by atoms with Gasteiger partial charge in [0.25, 0.3) is 5.56 Å². The number of aromatic nitrogens is 1. The van der Waals surface area contributed by atoms with E-state index >= 15 is 0 Å². The van der Waals surface area contributed by atoms with Crippen molar-refractivity contribution in [1.82, 2.24) is 4.57 Å². The number of benzene rings is 2. The van der Waals surface area contributed by atoms with E-state index in [0.29, 0.717) is 17.9 Å². The minimum absolute atomic E-state index is 0.0145. The highest BCUT2D eigenvalue weighted by Gasteiger charge is 2.16. The van der Waals surface area contributed by atoms with Crippen molar-refractivity contribution in [3.8, 4) is 0 Å². The van der Waals surface area contributed by atoms with Crippen molar-refractivity contribution in [2.75, 3.05) is 11.6 Å². The van der Waals surface area contributed by atoms with Gasteiger partial charge in [-0.1, -0.05) is 71.5 Å². The molecule has 0 saturated carbocycles.